The van der Waals surface area contributed by atoms with Crippen molar-refractivity contribution in [1.82, 2.24) is 0 Å². The number of ether oxygens (including phenoxy) is 1. The van der Waals surface area contributed by atoms with Crippen molar-refractivity contribution in [2.45, 2.75) is 6.92 Å². The summed E-state index contributed by atoms with van der Waals surface area (Å²) in [4.78, 5) is 12.9. The van der Waals surface area contributed by atoms with Gasteiger partial charge in [-0.15, -0.1) is 0 Å². The molecule has 1 atom stereocenters. The van der Waals surface area contributed by atoms with E-state index in [1.165, 1.54) is 7.11 Å². The molecule has 0 saturated heterocycles. The standard InChI is InChI=1S/C13H19NO6S/c1-3-14(11-5-4-6-12(7-11)20-2)8-10(13(15)16)9-21(17,18)19/h4-7,10H,3,8-9H2,1-2H3,(H,15,16)(H,17,18,19). The summed E-state index contributed by atoms with van der Waals surface area (Å²) in [6.07, 6.45) is 0. The van der Waals surface area contributed by atoms with Gasteiger partial charge in [-0.3, -0.25) is 9.35 Å². The molecular weight excluding hydrogens is 298 g/mol. The maximum absolute atomic E-state index is 11.2. The van der Waals surface area contributed by atoms with Gasteiger partial charge in [-0.1, -0.05) is 6.07 Å². The Morgan fingerprint density at radius 3 is 2.57 bits per heavy atom. The fourth-order valence-corrected chi connectivity index (χ4v) is 2.70. The Labute approximate surface area is 123 Å². The van der Waals surface area contributed by atoms with Crippen LogP contribution in [0.25, 0.3) is 0 Å². The third kappa shape index (κ3) is 5.60. The van der Waals surface area contributed by atoms with E-state index in [4.69, 9.17) is 14.4 Å². The molecule has 0 amide bonds. The molecule has 0 bridgehead atoms. The Balaban J connectivity index is 2.95. The van der Waals surface area contributed by atoms with E-state index in [0.717, 1.165) is 5.69 Å². The number of benzene rings is 1. The van der Waals surface area contributed by atoms with Crippen molar-refractivity contribution in [2.24, 2.45) is 5.92 Å². The van der Waals surface area contributed by atoms with Gasteiger partial charge in [0.1, 0.15) is 5.75 Å². The molecule has 0 spiro atoms. The van der Waals surface area contributed by atoms with Crippen LogP contribution in [-0.4, -0.2) is 50.0 Å². The highest BCUT2D eigenvalue weighted by Crippen LogP contribution is 2.22. The molecule has 7 nitrogen and oxygen atoms in total. The third-order valence-corrected chi connectivity index (χ3v) is 3.83. The largest absolute Gasteiger partial charge is 0.497 e. The van der Waals surface area contributed by atoms with Crippen LogP contribution in [0.2, 0.25) is 0 Å². The number of rotatable bonds is 8. The summed E-state index contributed by atoms with van der Waals surface area (Å²) in [6.45, 7) is 2.28. The average Bonchev–Trinajstić information content (AvgIpc) is 2.42. The van der Waals surface area contributed by atoms with E-state index in [9.17, 15) is 13.2 Å². The van der Waals surface area contributed by atoms with Gasteiger partial charge in [0.2, 0.25) is 0 Å². The molecule has 1 unspecified atom stereocenters. The molecular formula is C13H19NO6S. The lowest BCUT2D eigenvalue weighted by Crippen LogP contribution is -2.36. The summed E-state index contributed by atoms with van der Waals surface area (Å²) in [7, 11) is -2.83. The second kappa shape index (κ2) is 7.28. The minimum absolute atomic E-state index is 0.0290. The van der Waals surface area contributed by atoms with E-state index in [0.29, 0.717) is 12.3 Å². The molecule has 0 aromatic heterocycles. The predicted molar refractivity (Wildman–Crippen MR) is 78.4 cm³/mol. The fraction of sp³-hybridized carbons (Fsp3) is 0.462. The lowest BCUT2D eigenvalue weighted by atomic mass is 10.1. The van der Waals surface area contributed by atoms with Gasteiger partial charge in [-0.25, -0.2) is 0 Å². The van der Waals surface area contributed by atoms with Crippen LogP contribution >= 0.6 is 0 Å². The fourth-order valence-electron chi connectivity index (χ4n) is 1.95. The van der Waals surface area contributed by atoms with Crippen molar-refractivity contribution in [1.29, 1.82) is 0 Å². The molecule has 0 aliphatic heterocycles. The third-order valence-electron chi connectivity index (χ3n) is 3.00. The molecule has 1 rings (SSSR count). The minimum atomic E-state index is -4.35. The zero-order valence-electron chi connectivity index (χ0n) is 11.9. The quantitative estimate of drug-likeness (QED) is 0.692. The first-order chi connectivity index (χ1) is 9.76. The highest BCUT2D eigenvalue weighted by atomic mass is 32.2. The number of anilines is 1. The lowest BCUT2D eigenvalue weighted by molar-refractivity contribution is -0.140. The normalized spacial score (nSPS) is 12.7. The van der Waals surface area contributed by atoms with Gasteiger partial charge < -0.3 is 14.7 Å². The molecule has 0 heterocycles. The van der Waals surface area contributed by atoms with Crippen LogP contribution in [0.15, 0.2) is 24.3 Å². The van der Waals surface area contributed by atoms with Crippen LogP contribution in [0.4, 0.5) is 5.69 Å². The van der Waals surface area contributed by atoms with Gasteiger partial charge in [-0.05, 0) is 19.1 Å². The molecule has 2 N–H and O–H groups in total. The number of carbonyl (C=O) groups is 1. The van der Waals surface area contributed by atoms with Crippen LogP contribution in [0.1, 0.15) is 6.92 Å². The number of carboxylic acids is 1. The smallest absolute Gasteiger partial charge is 0.309 e. The number of nitrogens with zero attached hydrogens (tertiary/aromatic N) is 1. The monoisotopic (exact) mass is 317 g/mol. The number of hydrogen-bond acceptors (Lipinski definition) is 5. The highest BCUT2D eigenvalue weighted by molar-refractivity contribution is 7.85. The Kier molecular flexibility index (Phi) is 5.98. The van der Waals surface area contributed by atoms with E-state index in [1.54, 1.807) is 29.2 Å². The first-order valence-corrected chi connectivity index (χ1v) is 7.94. The van der Waals surface area contributed by atoms with E-state index in [1.807, 2.05) is 6.92 Å². The zero-order valence-corrected chi connectivity index (χ0v) is 12.7. The number of hydrogen-bond donors (Lipinski definition) is 2. The number of carboxylic acid groups (broad SMARTS) is 1. The van der Waals surface area contributed by atoms with E-state index in [-0.39, 0.29) is 6.54 Å². The average molecular weight is 317 g/mol. The van der Waals surface area contributed by atoms with E-state index >= 15 is 0 Å². The topological polar surface area (TPSA) is 104 Å². The van der Waals surface area contributed by atoms with Crippen LogP contribution in [0, 0.1) is 5.92 Å². The van der Waals surface area contributed by atoms with Crippen LogP contribution in [0.3, 0.4) is 0 Å². The SMILES string of the molecule is CCN(CC(CS(=O)(=O)O)C(=O)O)c1cccc(OC)c1. The first kappa shape index (κ1) is 17.3. The summed E-state index contributed by atoms with van der Waals surface area (Å²) in [5, 5.41) is 9.10. The van der Waals surface area contributed by atoms with Gasteiger partial charge in [0, 0.05) is 24.8 Å². The van der Waals surface area contributed by atoms with Gasteiger partial charge in [0.25, 0.3) is 10.1 Å². The molecule has 0 fully saturated rings. The Bertz CT molecular complexity index is 586. The molecule has 21 heavy (non-hydrogen) atoms. The highest BCUT2D eigenvalue weighted by Gasteiger charge is 2.26. The predicted octanol–water partition coefficient (Wildman–Crippen LogP) is 1.11. The van der Waals surface area contributed by atoms with Gasteiger partial charge in [0.15, 0.2) is 0 Å². The summed E-state index contributed by atoms with van der Waals surface area (Å²) >= 11 is 0. The van der Waals surface area contributed by atoms with Crippen molar-refractivity contribution in [3.8, 4) is 5.75 Å². The Hall–Kier alpha value is -1.80. The first-order valence-electron chi connectivity index (χ1n) is 6.33. The maximum atomic E-state index is 11.2. The molecule has 8 heteroatoms. The number of methoxy groups -OCH3 is 1. The lowest BCUT2D eigenvalue weighted by Gasteiger charge is -2.26. The Morgan fingerprint density at radius 1 is 1.43 bits per heavy atom. The second-order valence-corrected chi connectivity index (χ2v) is 6.02. The van der Waals surface area contributed by atoms with Crippen molar-refractivity contribution in [2.75, 3.05) is 30.9 Å². The summed E-state index contributed by atoms with van der Waals surface area (Å²) < 4.78 is 35.8. The van der Waals surface area contributed by atoms with Crippen LogP contribution in [0.5, 0.6) is 5.75 Å². The molecule has 1 aromatic carbocycles. The van der Waals surface area contributed by atoms with Crippen LogP contribution in [-0.2, 0) is 14.9 Å². The van der Waals surface area contributed by atoms with Crippen molar-refractivity contribution < 1.29 is 27.6 Å². The Morgan fingerprint density at radius 2 is 2.10 bits per heavy atom. The second-order valence-electron chi connectivity index (χ2n) is 4.52. The maximum Gasteiger partial charge on any atom is 0.309 e. The van der Waals surface area contributed by atoms with Crippen LogP contribution < -0.4 is 9.64 Å². The summed E-state index contributed by atoms with van der Waals surface area (Å²) in [5.41, 5.74) is 0.721. The molecule has 0 aliphatic carbocycles. The number of aliphatic carboxylic acids is 1. The van der Waals surface area contributed by atoms with Crippen molar-refractivity contribution in [3.05, 3.63) is 24.3 Å². The van der Waals surface area contributed by atoms with Gasteiger partial charge >= 0.3 is 5.97 Å². The van der Waals surface area contributed by atoms with Gasteiger partial charge in [-0.2, -0.15) is 8.42 Å². The van der Waals surface area contributed by atoms with Crippen molar-refractivity contribution >= 4 is 21.8 Å². The molecule has 0 radical (unpaired) electrons. The van der Waals surface area contributed by atoms with E-state index in [2.05, 4.69) is 0 Å². The summed E-state index contributed by atoms with van der Waals surface area (Å²) in [5.74, 6) is -2.68. The van der Waals surface area contributed by atoms with Crippen molar-refractivity contribution in [3.63, 3.8) is 0 Å². The van der Waals surface area contributed by atoms with E-state index < -0.39 is 27.8 Å². The molecule has 0 aliphatic rings. The molecule has 0 saturated carbocycles. The minimum Gasteiger partial charge on any atom is -0.497 e. The van der Waals surface area contributed by atoms with Gasteiger partial charge in [0.05, 0.1) is 18.8 Å². The zero-order chi connectivity index (χ0) is 16.0. The molecule has 118 valence electrons. The summed E-state index contributed by atoms with van der Waals surface area (Å²) in [6, 6.07) is 7.02. The molecule has 1 aromatic rings.